The van der Waals surface area contributed by atoms with Gasteiger partial charge in [0.15, 0.2) is 5.82 Å². The van der Waals surface area contributed by atoms with Crippen molar-refractivity contribution in [1.29, 1.82) is 0 Å². The van der Waals surface area contributed by atoms with Crippen LogP contribution in [-0.4, -0.2) is 20.6 Å². The number of nitrogens with one attached hydrogen (secondary N) is 2. The number of fused-ring (bicyclic) bond motifs is 1. The maximum Gasteiger partial charge on any atom is 0.439 e. The minimum atomic E-state index is -4.54. The number of benzene rings is 3. The van der Waals surface area contributed by atoms with Gasteiger partial charge in [0, 0.05) is 28.6 Å². The lowest BCUT2D eigenvalue weighted by molar-refractivity contribution is -0.137. The van der Waals surface area contributed by atoms with Crippen LogP contribution in [0.4, 0.5) is 18.9 Å². The molecule has 5 rings (SSSR count). The minimum absolute atomic E-state index is 0.0127. The van der Waals surface area contributed by atoms with Gasteiger partial charge in [0.25, 0.3) is 5.91 Å². The highest BCUT2D eigenvalue weighted by Gasteiger charge is 2.34. The van der Waals surface area contributed by atoms with Crippen LogP contribution in [0.25, 0.3) is 33.4 Å². The molecule has 0 unspecified atom stereocenters. The third kappa shape index (κ3) is 4.16. The first-order valence-electron chi connectivity index (χ1n) is 10.6. The lowest BCUT2D eigenvalue weighted by atomic mass is 9.97. The van der Waals surface area contributed by atoms with Gasteiger partial charge in [-0.25, -0.2) is 4.79 Å². The van der Waals surface area contributed by atoms with Gasteiger partial charge < -0.3 is 9.88 Å². The van der Waals surface area contributed by atoms with E-state index >= 15 is 0 Å². The Bertz CT molecular complexity index is 1680. The molecule has 0 saturated heterocycles. The normalized spacial score (nSPS) is 11.7. The fraction of sp³-hybridized carbons (Fsp3) is 0.0800. The van der Waals surface area contributed by atoms with Crippen LogP contribution >= 0.6 is 11.6 Å². The van der Waals surface area contributed by atoms with E-state index in [4.69, 9.17) is 11.6 Å². The summed E-state index contributed by atoms with van der Waals surface area (Å²) in [6.45, 7) is 0. The molecular weight excluding hydrogens is 497 g/mol. The van der Waals surface area contributed by atoms with Crippen LogP contribution in [0.2, 0.25) is 5.02 Å². The number of alkyl halides is 3. The van der Waals surface area contributed by atoms with Gasteiger partial charge in [-0.15, -0.1) is 0 Å². The summed E-state index contributed by atoms with van der Waals surface area (Å²) in [5.74, 6) is -1.23. The number of para-hydroxylation sites is 1. The van der Waals surface area contributed by atoms with Gasteiger partial charge in [-0.05, 0) is 35.9 Å². The zero-order chi connectivity index (χ0) is 25.6. The summed E-state index contributed by atoms with van der Waals surface area (Å²) >= 11 is 6.08. The molecule has 0 atom stereocenters. The molecule has 0 fully saturated rings. The van der Waals surface area contributed by atoms with Gasteiger partial charge in [0.05, 0.1) is 16.8 Å². The van der Waals surface area contributed by atoms with Crippen molar-refractivity contribution in [1.82, 2.24) is 14.7 Å². The van der Waals surface area contributed by atoms with Crippen LogP contribution < -0.4 is 11.1 Å². The van der Waals surface area contributed by atoms with E-state index in [1.807, 2.05) is 0 Å². The average Bonchev–Trinajstić information content (AvgIpc) is 3.43. The molecular formula is C25H16ClF3N4O3. The zero-order valence-corrected chi connectivity index (χ0v) is 19.2. The fourth-order valence-electron chi connectivity index (χ4n) is 4.17. The summed E-state index contributed by atoms with van der Waals surface area (Å²) in [7, 11) is 1.61. The SMILES string of the molecule is Cn1c(C(=O)Nc2ccc(Cl)cc2-c2noc(=O)[nH]2)cc2cccc(-c3ccccc3C(F)(F)F)c21. The van der Waals surface area contributed by atoms with Gasteiger partial charge in [0.1, 0.15) is 5.69 Å². The number of hydrogen-bond donors (Lipinski definition) is 2. The smallest absolute Gasteiger partial charge is 0.339 e. The van der Waals surface area contributed by atoms with E-state index in [9.17, 15) is 22.8 Å². The Morgan fingerprint density at radius 3 is 2.50 bits per heavy atom. The first-order chi connectivity index (χ1) is 17.1. The standard InChI is InChI=1S/C25H16ClF3N4O3/c1-33-20(23(34)30-19-10-9-14(26)12-17(19)22-31-24(35)36-32-22)11-13-5-4-7-16(21(13)33)15-6-2-3-8-18(15)25(27,28)29/h2-12H,1H3,(H,30,34)(H,31,32,35). The predicted molar refractivity (Wildman–Crippen MR) is 129 cm³/mol. The molecule has 11 heteroatoms. The lowest BCUT2D eigenvalue weighted by Crippen LogP contribution is -2.16. The summed E-state index contributed by atoms with van der Waals surface area (Å²) < 4.78 is 47.2. The molecule has 7 nitrogen and oxygen atoms in total. The maximum absolute atomic E-state index is 13.7. The molecule has 0 bridgehead atoms. The van der Waals surface area contributed by atoms with Crippen molar-refractivity contribution in [2.24, 2.45) is 7.05 Å². The predicted octanol–water partition coefficient (Wildman–Crippen LogP) is 6.11. The van der Waals surface area contributed by atoms with Crippen molar-refractivity contribution in [3.63, 3.8) is 0 Å². The van der Waals surface area contributed by atoms with Gasteiger partial charge in [-0.3, -0.25) is 14.3 Å². The molecule has 0 radical (unpaired) electrons. The van der Waals surface area contributed by atoms with Crippen LogP contribution in [0.15, 0.2) is 76.0 Å². The van der Waals surface area contributed by atoms with Crippen LogP contribution in [0.5, 0.6) is 0 Å². The molecule has 0 saturated carbocycles. The monoisotopic (exact) mass is 512 g/mol. The average molecular weight is 513 g/mol. The van der Waals surface area contributed by atoms with Crippen molar-refractivity contribution in [3.8, 4) is 22.5 Å². The third-order valence-electron chi connectivity index (χ3n) is 5.74. The molecule has 3 aromatic carbocycles. The number of nitrogens with zero attached hydrogens (tertiary/aromatic N) is 2. The number of H-pyrrole nitrogens is 1. The number of carbonyl (C=O) groups excluding carboxylic acids is 1. The summed E-state index contributed by atoms with van der Waals surface area (Å²) in [6.07, 6.45) is -4.54. The molecule has 0 aliphatic rings. The molecule has 1 amide bonds. The summed E-state index contributed by atoms with van der Waals surface area (Å²) in [5, 5.41) is 7.33. The minimum Gasteiger partial charge on any atom is -0.339 e. The lowest BCUT2D eigenvalue weighted by Gasteiger charge is -2.15. The zero-order valence-electron chi connectivity index (χ0n) is 18.5. The number of carbonyl (C=O) groups is 1. The molecule has 0 spiro atoms. The van der Waals surface area contributed by atoms with E-state index in [0.717, 1.165) is 6.07 Å². The van der Waals surface area contributed by atoms with Crippen molar-refractivity contribution in [3.05, 3.63) is 93.6 Å². The Hall–Kier alpha value is -4.31. The molecule has 36 heavy (non-hydrogen) atoms. The molecule has 2 heterocycles. The number of hydrogen-bond acceptors (Lipinski definition) is 4. The quantitative estimate of drug-likeness (QED) is 0.304. The highest BCUT2D eigenvalue weighted by Crippen LogP contribution is 2.40. The third-order valence-corrected chi connectivity index (χ3v) is 5.97. The molecule has 182 valence electrons. The Morgan fingerprint density at radius 1 is 1.03 bits per heavy atom. The number of halogens is 4. The van der Waals surface area contributed by atoms with Gasteiger partial charge in [-0.1, -0.05) is 53.2 Å². The van der Waals surface area contributed by atoms with Crippen LogP contribution in [0.1, 0.15) is 16.1 Å². The van der Waals surface area contributed by atoms with E-state index in [2.05, 4.69) is 20.0 Å². The Kier molecular flexibility index (Phi) is 5.68. The van der Waals surface area contributed by atoms with Gasteiger partial charge >= 0.3 is 11.9 Å². The van der Waals surface area contributed by atoms with E-state index in [0.29, 0.717) is 32.7 Å². The van der Waals surface area contributed by atoms with Gasteiger partial charge in [0.2, 0.25) is 0 Å². The first-order valence-corrected chi connectivity index (χ1v) is 10.9. The number of aromatic amines is 1. The second kappa shape index (κ2) is 8.72. The van der Waals surface area contributed by atoms with E-state index in [-0.39, 0.29) is 17.1 Å². The molecule has 0 aliphatic carbocycles. The topological polar surface area (TPSA) is 92.9 Å². The summed E-state index contributed by atoms with van der Waals surface area (Å²) in [6, 6.07) is 16.4. The van der Waals surface area contributed by atoms with E-state index < -0.39 is 23.4 Å². The number of anilines is 1. The number of aromatic nitrogens is 3. The van der Waals surface area contributed by atoms with Crippen molar-refractivity contribution >= 4 is 34.1 Å². The van der Waals surface area contributed by atoms with Crippen molar-refractivity contribution in [2.75, 3.05) is 5.32 Å². The van der Waals surface area contributed by atoms with Crippen molar-refractivity contribution in [2.45, 2.75) is 6.18 Å². The molecule has 2 aromatic heterocycles. The highest BCUT2D eigenvalue weighted by molar-refractivity contribution is 6.31. The van der Waals surface area contributed by atoms with Gasteiger partial charge in [-0.2, -0.15) is 13.2 Å². The number of rotatable bonds is 4. The Labute approximate surface area is 206 Å². The summed E-state index contributed by atoms with van der Waals surface area (Å²) in [4.78, 5) is 27.1. The van der Waals surface area contributed by atoms with Crippen molar-refractivity contribution < 1.29 is 22.5 Å². The van der Waals surface area contributed by atoms with E-state index in [1.165, 1.54) is 30.3 Å². The number of aryl methyl sites for hydroxylation is 1. The Morgan fingerprint density at radius 2 is 1.78 bits per heavy atom. The first kappa shape index (κ1) is 23.4. The Balaban J connectivity index is 1.59. The molecule has 0 aliphatic heterocycles. The maximum atomic E-state index is 13.7. The van der Waals surface area contributed by atoms with Crippen LogP contribution in [-0.2, 0) is 13.2 Å². The fourth-order valence-corrected chi connectivity index (χ4v) is 4.34. The second-order valence-electron chi connectivity index (χ2n) is 7.96. The summed E-state index contributed by atoms with van der Waals surface area (Å²) in [5.41, 5.74) is 0.875. The highest BCUT2D eigenvalue weighted by atomic mass is 35.5. The van der Waals surface area contributed by atoms with Crippen LogP contribution in [0, 0.1) is 0 Å². The van der Waals surface area contributed by atoms with Crippen LogP contribution in [0.3, 0.4) is 0 Å². The number of amides is 1. The largest absolute Gasteiger partial charge is 0.439 e. The van der Waals surface area contributed by atoms with E-state index in [1.54, 1.807) is 41.9 Å². The molecule has 2 N–H and O–H groups in total. The second-order valence-corrected chi connectivity index (χ2v) is 8.40. The molecule has 5 aromatic rings.